The molecule has 0 bridgehead atoms. The van der Waals surface area contributed by atoms with Crippen LogP contribution in [0.1, 0.15) is 46.5 Å². The first-order valence-electron chi connectivity index (χ1n) is 6.85. The van der Waals surface area contributed by atoms with Gasteiger partial charge in [0.15, 0.2) is 0 Å². The Hall–Kier alpha value is -0.650. The highest BCUT2D eigenvalue weighted by Gasteiger charge is 2.48. The molecule has 0 aromatic carbocycles. The van der Waals surface area contributed by atoms with Crippen LogP contribution >= 0.6 is 0 Å². The predicted molar refractivity (Wildman–Crippen MR) is 69.7 cm³/mol. The van der Waals surface area contributed by atoms with Crippen molar-refractivity contribution in [2.45, 2.75) is 64.4 Å². The molecule has 4 N–H and O–H groups in total. The monoisotopic (exact) mass is 258 g/mol. The molecule has 18 heavy (non-hydrogen) atoms. The number of ether oxygens (including phenoxy) is 2. The van der Waals surface area contributed by atoms with Crippen LogP contribution in [0.5, 0.6) is 0 Å². The molecule has 0 heterocycles. The van der Waals surface area contributed by atoms with Crippen molar-refractivity contribution in [1.29, 1.82) is 0 Å². The van der Waals surface area contributed by atoms with Gasteiger partial charge in [-0.25, -0.2) is 0 Å². The SMILES string of the molecule is CCCC(N)[C@](OCC)(OC(C)C1CC1)C(N)=O. The second-order valence-electron chi connectivity index (χ2n) is 5.02. The first kappa shape index (κ1) is 15.4. The molecule has 5 heteroatoms. The summed E-state index contributed by atoms with van der Waals surface area (Å²) in [5, 5.41) is 0. The fourth-order valence-corrected chi connectivity index (χ4v) is 2.19. The lowest BCUT2D eigenvalue weighted by atomic mass is 10.0. The summed E-state index contributed by atoms with van der Waals surface area (Å²) < 4.78 is 11.4. The van der Waals surface area contributed by atoms with Crippen LogP contribution in [0.25, 0.3) is 0 Å². The molecule has 1 rings (SSSR count). The summed E-state index contributed by atoms with van der Waals surface area (Å²) in [6.07, 6.45) is 3.70. The summed E-state index contributed by atoms with van der Waals surface area (Å²) in [6.45, 7) is 6.11. The van der Waals surface area contributed by atoms with E-state index in [2.05, 4.69) is 0 Å². The first-order chi connectivity index (χ1) is 8.47. The largest absolute Gasteiger partial charge is 0.365 e. The van der Waals surface area contributed by atoms with Crippen molar-refractivity contribution in [3.05, 3.63) is 0 Å². The van der Waals surface area contributed by atoms with Gasteiger partial charge in [-0.2, -0.15) is 0 Å². The van der Waals surface area contributed by atoms with E-state index < -0.39 is 17.7 Å². The van der Waals surface area contributed by atoms with Crippen LogP contribution in [0.4, 0.5) is 0 Å². The topological polar surface area (TPSA) is 87.6 Å². The average molecular weight is 258 g/mol. The highest BCUT2D eigenvalue weighted by Crippen LogP contribution is 2.37. The van der Waals surface area contributed by atoms with Gasteiger partial charge in [0.25, 0.3) is 11.7 Å². The fourth-order valence-electron chi connectivity index (χ4n) is 2.19. The standard InChI is InChI=1S/C13H26N2O3/c1-4-6-11(14)13(12(15)16,17-5-2)18-9(3)10-7-8-10/h9-11H,4-8,14H2,1-3H3,(H2,15,16)/t9?,11?,13-/m0/s1. The molecule has 1 amide bonds. The fraction of sp³-hybridized carbons (Fsp3) is 0.923. The molecule has 0 aromatic rings. The zero-order chi connectivity index (χ0) is 13.8. The molecule has 5 nitrogen and oxygen atoms in total. The van der Waals surface area contributed by atoms with Crippen LogP contribution in [0, 0.1) is 5.92 Å². The van der Waals surface area contributed by atoms with Crippen LogP contribution in [0.3, 0.4) is 0 Å². The second-order valence-corrected chi connectivity index (χ2v) is 5.02. The van der Waals surface area contributed by atoms with Gasteiger partial charge in [-0.15, -0.1) is 0 Å². The quantitative estimate of drug-likeness (QED) is 0.607. The third-order valence-corrected chi connectivity index (χ3v) is 3.44. The Morgan fingerprint density at radius 2 is 2.06 bits per heavy atom. The third-order valence-electron chi connectivity index (χ3n) is 3.44. The Balaban J connectivity index is 2.83. The van der Waals surface area contributed by atoms with E-state index >= 15 is 0 Å². The van der Waals surface area contributed by atoms with Gasteiger partial charge in [0.05, 0.1) is 12.1 Å². The summed E-state index contributed by atoms with van der Waals surface area (Å²) in [4.78, 5) is 11.8. The molecule has 1 saturated carbocycles. The zero-order valence-electron chi connectivity index (χ0n) is 11.6. The Morgan fingerprint density at radius 1 is 1.44 bits per heavy atom. The van der Waals surface area contributed by atoms with E-state index in [1.54, 1.807) is 0 Å². The van der Waals surface area contributed by atoms with E-state index in [4.69, 9.17) is 20.9 Å². The minimum Gasteiger partial charge on any atom is -0.365 e. The Kier molecular flexibility index (Phi) is 5.56. The molecule has 2 unspecified atom stereocenters. The minimum atomic E-state index is -1.48. The van der Waals surface area contributed by atoms with Crippen LogP contribution in [-0.2, 0) is 14.3 Å². The maximum atomic E-state index is 11.8. The van der Waals surface area contributed by atoms with E-state index in [9.17, 15) is 4.79 Å². The van der Waals surface area contributed by atoms with Crippen molar-refractivity contribution in [3.63, 3.8) is 0 Å². The average Bonchev–Trinajstić information content (AvgIpc) is 3.11. The van der Waals surface area contributed by atoms with E-state index in [0.717, 1.165) is 19.3 Å². The number of amides is 1. The summed E-state index contributed by atoms with van der Waals surface area (Å²) in [6, 6.07) is -0.527. The lowest BCUT2D eigenvalue weighted by Gasteiger charge is -2.37. The van der Waals surface area contributed by atoms with E-state index in [-0.39, 0.29) is 6.10 Å². The molecule has 1 aliphatic carbocycles. The summed E-state index contributed by atoms with van der Waals surface area (Å²) >= 11 is 0. The number of rotatable bonds is 9. The maximum absolute atomic E-state index is 11.8. The number of nitrogens with two attached hydrogens (primary N) is 2. The highest BCUT2D eigenvalue weighted by molar-refractivity contribution is 5.82. The second kappa shape index (κ2) is 6.50. The van der Waals surface area contributed by atoms with Gasteiger partial charge in [0, 0.05) is 6.61 Å². The predicted octanol–water partition coefficient (Wildman–Crippen LogP) is 1.15. The maximum Gasteiger partial charge on any atom is 0.279 e. The number of carbonyl (C=O) groups is 1. The Bertz CT molecular complexity index is 281. The van der Waals surface area contributed by atoms with Crippen molar-refractivity contribution in [2.24, 2.45) is 17.4 Å². The molecule has 0 aromatic heterocycles. The molecule has 1 fully saturated rings. The lowest BCUT2D eigenvalue weighted by molar-refractivity contribution is -0.254. The zero-order valence-corrected chi connectivity index (χ0v) is 11.6. The summed E-state index contributed by atoms with van der Waals surface area (Å²) in [5.74, 6) is -1.61. The minimum absolute atomic E-state index is 0.0491. The number of hydrogen-bond donors (Lipinski definition) is 2. The number of carbonyl (C=O) groups excluding carboxylic acids is 1. The normalized spacial score (nSPS) is 22.2. The van der Waals surface area contributed by atoms with Crippen molar-refractivity contribution >= 4 is 5.91 Å². The van der Waals surface area contributed by atoms with E-state index in [0.29, 0.717) is 18.9 Å². The number of primary amides is 1. The van der Waals surface area contributed by atoms with Crippen LogP contribution in [-0.4, -0.2) is 30.4 Å². The first-order valence-corrected chi connectivity index (χ1v) is 6.85. The molecule has 0 saturated heterocycles. The van der Waals surface area contributed by atoms with Gasteiger partial charge in [-0.3, -0.25) is 4.79 Å². The molecule has 106 valence electrons. The molecule has 0 aliphatic heterocycles. The van der Waals surface area contributed by atoms with Crippen molar-refractivity contribution in [3.8, 4) is 0 Å². The van der Waals surface area contributed by atoms with Gasteiger partial charge >= 0.3 is 0 Å². The highest BCUT2D eigenvalue weighted by atomic mass is 16.7. The molecule has 3 atom stereocenters. The van der Waals surface area contributed by atoms with Crippen molar-refractivity contribution < 1.29 is 14.3 Å². The Labute approximate surface area is 109 Å². The summed E-state index contributed by atoms with van der Waals surface area (Å²) in [7, 11) is 0. The molecule has 0 radical (unpaired) electrons. The van der Waals surface area contributed by atoms with Crippen LogP contribution < -0.4 is 11.5 Å². The molecule has 1 aliphatic rings. The molecular weight excluding hydrogens is 232 g/mol. The van der Waals surface area contributed by atoms with Gasteiger partial charge in [0.1, 0.15) is 0 Å². The van der Waals surface area contributed by atoms with Crippen molar-refractivity contribution in [1.82, 2.24) is 0 Å². The Morgan fingerprint density at radius 3 is 2.44 bits per heavy atom. The smallest absolute Gasteiger partial charge is 0.279 e. The number of hydrogen-bond acceptors (Lipinski definition) is 4. The van der Waals surface area contributed by atoms with E-state index in [1.165, 1.54) is 0 Å². The lowest BCUT2D eigenvalue weighted by Crippen LogP contribution is -2.61. The van der Waals surface area contributed by atoms with Crippen LogP contribution in [0.15, 0.2) is 0 Å². The van der Waals surface area contributed by atoms with Gasteiger partial charge in [-0.05, 0) is 39.0 Å². The van der Waals surface area contributed by atoms with Crippen molar-refractivity contribution in [2.75, 3.05) is 6.61 Å². The van der Waals surface area contributed by atoms with Gasteiger partial charge in [-0.1, -0.05) is 13.3 Å². The van der Waals surface area contributed by atoms with E-state index in [1.807, 2.05) is 20.8 Å². The summed E-state index contributed by atoms with van der Waals surface area (Å²) in [5.41, 5.74) is 11.6. The van der Waals surface area contributed by atoms with Gasteiger partial charge in [0.2, 0.25) is 0 Å². The van der Waals surface area contributed by atoms with Crippen LogP contribution in [0.2, 0.25) is 0 Å². The molecule has 0 spiro atoms. The molecular formula is C13H26N2O3. The van der Waals surface area contributed by atoms with Gasteiger partial charge < -0.3 is 20.9 Å². The third kappa shape index (κ3) is 3.43.